The predicted octanol–water partition coefficient (Wildman–Crippen LogP) is 8.27. The Morgan fingerprint density at radius 3 is 1.97 bits per heavy atom. The number of carbonyl (C=O) groups is 1. The summed E-state index contributed by atoms with van der Waals surface area (Å²) >= 11 is 0. The molecule has 192 valence electrons. The molecule has 0 saturated carbocycles. The maximum atomic E-state index is 15.3. The van der Waals surface area contributed by atoms with Crippen molar-refractivity contribution in [3.05, 3.63) is 78.2 Å². The molecule has 0 atom stereocenters. The number of furan rings is 1. The number of aldehydes is 1. The van der Waals surface area contributed by atoms with Gasteiger partial charge in [0.25, 0.3) is 0 Å². The molecular formula is C25H12F9NO2. The van der Waals surface area contributed by atoms with E-state index in [-0.39, 0.29) is 27.2 Å². The number of halogens is 9. The van der Waals surface area contributed by atoms with Gasteiger partial charge in [0.1, 0.15) is 11.3 Å². The van der Waals surface area contributed by atoms with E-state index < -0.39 is 41.0 Å². The van der Waals surface area contributed by atoms with E-state index in [2.05, 4.69) is 0 Å². The van der Waals surface area contributed by atoms with Crippen molar-refractivity contribution in [3.8, 4) is 5.69 Å². The number of fused-ring (bicyclic) bond motifs is 4. The third-order valence-electron chi connectivity index (χ3n) is 6.09. The number of nitrogens with zero attached hydrogens (tertiary/aromatic N) is 1. The van der Waals surface area contributed by atoms with Crippen molar-refractivity contribution in [2.75, 3.05) is 0 Å². The van der Waals surface area contributed by atoms with Crippen molar-refractivity contribution in [2.45, 2.75) is 23.9 Å². The molecular weight excluding hydrogens is 517 g/mol. The lowest BCUT2D eigenvalue weighted by Crippen LogP contribution is -2.59. The minimum absolute atomic E-state index is 0.0170. The minimum Gasteiger partial charge on any atom is -0.451 e. The molecule has 2 heterocycles. The van der Waals surface area contributed by atoms with Crippen LogP contribution >= 0.6 is 0 Å². The van der Waals surface area contributed by atoms with Crippen LogP contribution in [0.25, 0.3) is 38.3 Å². The molecule has 3 aromatic carbocycles. The molecule has 0 saturated heterocycles. The third kappa shape index (κ3) is 3.27. The Bertz CT molecular complexity index is 1680. The summed E-state index contributed by atoms with van der Waals surface area (Å²) in [6.45, 7) is 0. The van der Waals surface area contributed by atoms with E-state index in [1.54, 1.807) is 6.07 Å². The van der Waals surface area contributed by atoms with Crippen LogP contribution in [0.4, 0.5) is 39.5 Å². The topological polar surface area (TPSA) is 35.1 Å². The molecule has 5 rings (SSSR count). The Morgan fingerprint density at radius 1 is 0.703 bits per heavy atom. The monoisotopic (exact) mass is 529 g/mol. The first-order chi connectivity index (χ1) is 17.2. The molecule has 0 amide bonds. The van der Waals surface area contributed by atoms with E-state index >= 15 is 8.78 Å². The van der Waals surface area contributed by atoms with Crippen LogP contribution < -0.4 is 0 Å². The number of benzene rings is 3. The zero-order chi connectivity index (χ0) is 27.0. The van der Waals surface area contributed by atoms with Crippen molar-refractivity contribution in [3.63, 3.8) is 0 Å². The van der Waals surface area contributed by atoms with Gasteiger partial charge in [-0.1, -0.05) is 48.5 Å². The van der Waals surface area contributed by atoms with Crippen LogP contribution in [0.15, 0.2) is 71.3 Å². The normalized spacial score (nSPS) is 13.6. The van der Waals surface area contributed by atoms with Crippen LogP contribution in [0, 0.1) is 0 Å². The van der Waals surface area contributed by atoms with Gasteiger partial charge in [-0.25, -0.2) is 0 Å². The molecule has 2 aromatic heterocycles. The van der Waals surface area contributed by atoms with Crippen LogP contribution in [0.1, 0.15) is 16.1 Å². The number of hydrogen-bond acceptors (Lipinski definition) is 2. The fourth-order valence-corrected chi connectivity index (χ4v) is 4.27. The zero-order valence-electron chi connectivity index (χ0n) is 18.1. The summed E-state index contributed by atoms with van der Waals surface area (Å²) in [5.41, 5.74) is -1.41. The van der Waals surface area contributed by atoms with E-state index in [0.717, 1.165) is 10.8 Å². The summed E-state index contributed by atoms with van der Waals surface area (Å²) in [7, 11) is 0. The highest BCUT2D eigenvalue weighted by atomic mass is 19.4. The lowest BCUT2D eigenvalue weighted by atomic mass is 9.99. The Labute approximate surface area is 200 Å². The van der Waals surface area contributed by atoms with Gasteiger partial charge in [-0.15, -0.1) is 0 Å². The van der Waals surface area contributed by atoms with E-state index in [1.165, 1.54) is 54.6 Å². The molecule has 5 aromatic rings. The average molecular weight is 529 g/mol. The zero-order valence-corrected chi connectivity index (χ0v) is 18.1. The van der Waals surface area contributed by atoms with Gasteiger partial charge < -0.3 is 8.98 Å². The first kappa shape index (κ1) is 24.7. The SMILES string of the molecule is O=Cc1cn(-c2c(C(F)(F)C(F)(F)C(F)(F)C(F)(F)F)oc3c2ccc2ccccc23)c2ccccc12. The number of rotatable bonds is 5. The fourth-order valence-electron chi connectivity index (χ4n) is 4.27. The highest BCUT2D eigenvalue weighted by Crippen LogP contribution is 2.58. The number of hydrogen-bond donors (Lipinski definition) is 0. The molecule has 0 spiro atoms. The number of alkyl halides is 9. The van der Waals surface area contributed by atoms with Gasteiger partial charge in [0.05, 0.1) is 5.52 Å². The first-order valence-corrected chi connectivity index (χ1v) is 10.4. The van der Waals surface area contributed by atoms with Crippen LogP contribution in [-0.4, -0.2) is 28.9 Å². The summed E-state index contributed by atoms with van der Waals surface area (Å²) in [5, 5.41) is 0.414. The maximum Gasteiger partial charge on any atom is 0.460 e. The Hall–Kier alpha value is -3.96. The van der Waals surface area contributed by atoms with Gasteiger partial charge in [-0.2, -0.15) is 39.5 Å². The first-order valence-electron chi connectivity index (χ1n) is 10.4. The summed E-state index contributed by atoms with van der Waals surface area (Å²) in [5.74, 6) is -22.3. The number of aromatic nitrogens is 1. The average Bonchev–Trinajstić information content (AvgIpc) is 3.42. The number of para-hydroxylation sites is 1. The summed E-state index contributed by atoms with van der Waals surface area (Å²) in [6, 6.07) is 14.2. The molecule has 37 heavy (non-hydrogen) atoms. The largest absolute Gasteiger partial charge is 0.460 e. The summed E-state index contributed by atoms with van der Waals surface area (Å²) < 4.78 is 132. The van der Waals surface area contributed by atoms with E-state index in [4.69, 9.17) is 4.42 Å². The predicted molar refractivity (Wildman–Crippen MR) is 116 cm³/mol. The molecule has 0 aliphatic heterocycles. The van der Waals surface area contributed by atoms with Crippen molar-refractivity contribution in [2.24, 2.45) is 0 Å². The fraction of sp³-hybridized carbons (Fsp3) is 0.160. The highest BCUT2D eigenvalue weighted by molar-refractivity contribution is 6.09. The second kappa shape index (κ2) is 7.77. The van der Waals surface area contributed by atoms with Gasteiger partial charge in [-0.3, -0.25) is 4.79 Å². The van der Waals surface area contributed by atoms with Crippen LogP contribution in [0.5, 0.6) is 0 Å². The maximum absolute atomic E-state index is 15.3. The lowest BCUT2D eigenvalue weighted by molar-refractivity contribution is -0.401. The van der Waals surface area contributed by atoms with Crippen molar-refractivity contribution < 1.29 is 48.7 Å². The Kier molecular flexibility index (Phi) is 5.19. The van der Waals surface area contributed by atoms with Gasteiger partial charge in [0.2, 0.25) is 5.76 Å². The van der Waals surface area contributed by atoms with E-state index in [1.807, 2.05) is 0 Å². The van der Waals surface area contributed by atoms with Gasteiger partial charge in [-0.05, 0) is 17.5 Å². The van der Waals surface area contributed by atoms with Crippen LogP contribution in [0.3, 0.4) is 0 Å². The van der Waals surface area contributed by atoms with E-state index in [0.29, 0.717) is 11.7 Å². The van der Waals surface area contributed by atoms with Gasteiger partial charge >= 0.3 is 23.9 Å². The van der Waals surface area contributed by atoms with Crippen molar-refractivity contribution in [1.82, 2.24) is 4.57 Å². The molecule has 0 radical (unpaired) electrons. The molecule has 0 aliphatic rings. The smallest absolute Gasteiger partial charge is 0.451 e. The van der Waals surface area contributed by atoms with Gasteiger partial charge in [0.15, 0.2) is 6.29 Å². The molecule has 0 unspecified atom stereocenters. The van der Waals surface area contributed by atoms with E-state index in [9.17, 15) is 35.5 Å². The lowest BCUT2D eigenvalue weighted by Gasteiger charge is -2.33. The highest BCUT2D eigenvalue weighted by Gasteiger charge is 2.83. The molecule has 12 heteroatoms. The summed E-state index contributed by atoms with van der Waals surface area (Å²) in [4.78, 5) is 11.6. The second-order valence-electron chi connectivity index (χ2n) is 8.25. The standard InChI is InChI=1S/C25H12F9NO2/c26-22(27,23(28,29)24(30,31)25(32,33)34)21-19(35-11-14(12-36)15-6-3-4-8-18(15)35)17-10-9-13-5-1-2-7-16(13)20(17)37-21/h1-12H. The molecule has 0 bridgehead atoms. The Balaban J connectivity index is 1.93. The molecule has 0 N–H and O–H groups in total. The van der Waals surface area contributed by atoms with Crippen LogP contribution in [-0.2, 0) is 5.92 Å². The minimum atomic E-state index is -7.12. The van der Waals surface area contributed by atoms with Crippen molar-refractivity contribution in [1.29, 1.82) is 0 Å². The second-order valence-corrected chi connectivity index (χ2v) is 8.25. The molecule has 0 fully saturated rings. The van der Waals surface area contributed by atoms with Crippen molar-refractivity contribution >= 4 is 38.9 Å². The molecule has 0 aliphatic carbocycles. The number of carbonyl (C=O) groups excluding carboxylic acids is 1. The van der Waals surface area contributed by atoms with Crippen LogP contribution in [0.2, 0.25) is 0 Å². The molecule has 3 nitrogen and oxygen atoms in total. The van der Waals surface area contributed by atoms with Gasteiger partial charge in [0, 0.05) is 27.9 Å². The Morgan fingerprint density at radius 2 is 1.32 bits per heavy atom. The summed E-state index contributed by atoms with van der Waals surface area (Å²) in [6.07, 6.45) is -5.67. The quantitative estimate of drug-likeness (QED) is 0.170. The third-order valence-corrected chi connectivity index (χ3v) is 6.09.